The zero-order valence-electron chi connectivity index (χ0n) is 9.35. The van der Waals surface area contributed by atoms with Crippen molar-refractivity contribution >= 4 is 9.84 Å². The number of hydrogen-bond acceptors (Lipinski definition) is 4. The van der Waals surface area contributed by atoms with E-state index < -0.39 is 26.7 Å². The maximum Gasteiger partial charge on any atom is 0.158 e. The van der Waals surface area contributed by atoms with Gasteiger partial charge in [0, 0.05) is 12.1 Å². The van der Waals surface area contributed by atoms with Crippen LogP contribution >= 0.6 is 0 Å². The van der Waals surface area contributed by atoms with E-state index in [9.17, 15) is 12.8 Å². The second-order valence-electron chi connectivity index (χ2n) is 3.77. The van der Waals surface area contributed by atoms with Crippen LogP contribution in [0, 0.1) is 17.1 Å². The number of rotatable bonds is 4. The van der Waals surface area contributed by atoms with Gasteiger partial charge in [0.1, 0.15) is 5.82 Å². The molecule has 0 aliphatic heterocycles. The zero-order valence-corrected chi connectivity index (χ0v) is 10.2. The molecule has 0 bridgehead atoms. The first-order chi connectivity index (χ1) is 7.90. The predicted molar refractivity (Wildman–Crippen MR) is 62.3 cm³/mol. The van der Waals surface area contributed by atoms with Crippen molar-refractivity contribution < 1.29 is 12.8 Å². The molecule has 0 spiro atoms. The Labute approximate surface area is 99.8 Å². The molecule has 17 heavy (non-hydrogen) atoms. The largest absolute Gasteiger partial charge is 0.329 e. The monoisotopic (exact) mass is 256 g/mol. The Morgan fingerprint density at radius 2 is 2.18 bits per heavy atom. The Morgan fingerprint density at radius 1 is 1.53 bits per heavy atom. The minimum Gasteiger partial charge on any atom is -0.329 e. The van der Waals surface area contributed by atoms with Gasteiger partial charge >= 0.3 is 0 Å². The third-order valence-corrected chi connectivity index (χ3v) is 4.62. The van der Waals surface area contributed by atoms with Crippen molar-refractivity contribution in [2.45, 2.75) is 17.9 Å². The Bertz CT molecular complexity index is 549. The van der Waals surface area contributed by atoms with E-state index >= 15 is 0 Å². The van der Waals surface area contributed by atoms with E-state index in [1.807, 2.05) is 0 Å². The molecule has 2 N–H and O–H groups in total. The molecule has 0 saturated carbocycles. The molecular weight excluding hydrogens is 243 g/mol. The van der Waals surface area contributed by atoms with Crippen LogP contribution in [-0.2, 0) is 15.6 Å². The Hall–Kier alpha value is -1.45. The van der Waals surface area contributed by atoms with Crippen LogP contribution in [0.5, 0.6) is 0 Å². The van der Waals surface area contributed by atoms with Gasteiger partial charge in [-0.1, -0.05) is 6.07 Å². The molecule has 0 saturated heterocycles. The minimum atomic E-state index is -3.45. The van der Waals surface area contributed by atoms with E-state index in [0.717, 1.165) is 6.07 Å². The Kier molecular flexibility index (Phi) is 4.21. The summed E-state index contributed by atoms with van der Waals surface area (Å²) in [6.45, 7) is 1.48. The molecule has 1 rings (SSSR count). The number of nitrogens with two attached hydrogens (primary N) is 1. The molecular formula is C11H13FN2O2S. The van der Waals surface area contributed by atoms with Gasteiger partial charge in [-0.25, -0.2) is 12.8 Å². The van der Waals surface area contributed by atoms with Gasteiger partial charge in [-0.05, 0) is 19.1 Å². The van der Waals surface area contributed by atoms with Crippen molar-refractivity contribution in [2.24, 2.45) is 5.73 Å². The Morgan fingerprint density at radius 3 is 2.65 bits per heavy atom. The number of nitrogens with zero attached hydrogens (tertiary/aromatic N) is 1. The molecule has 92 valence electrons. The summed E-state index contributed by atoms with van der Waals surface area (Å²) in [4.78, 5) is 0. The summed E-state index contributed by atoms with van der Waals surface area (Å²) in [5, 5.41) is 7.85. The van der Waals surface area contributed by atoms with Crippen LogP contribution in [0.4, 0.5) is 4.39 Å². The fraction of sp³-hybridized carbons (Fsp3) is 0.364. The molecule has 0 radical (unpaired) electrons. The maximum atomic E-state index is 13.5. The lowest BCUT2D eigenvalue weighted by Gasteiger charge is -2.10. The quantitative estimate of drug-likeness (QED) is 0.869. The van der Waals surface area contributed by atoms with Crippen LogP contribution < -0.4 is 5.73 Å². The van der Waals surface area contributed by atoms with E-state index in [1.54, 1.807) is 6.07 Å². The van der Waals surface area contributed by atoms with Crippen molar-refractivity contribution in [3.05, 3.63) is 35.1 Å². The van der Waals surface area contributed by atoms with Gasteiger partial charge in [-0.3, -0.25) is 0 Å². The van der Waals surface area contributed by atoms with Crippen molar-refractivity contribution in [2.75, 3.05) is 6.54 Å². The van der Waals surface area contributed by atoms with Gasteiger partial charge in [-0.2, -0.15) is 5.26 Å². The van der Waals surface area contributed by atoms with E-state index in [-0.39, 0.29) is 17.7 Å². The summed E-state index contributed by atoms with van der Waals surface area (Å²) in [6.07, 6.45) is 0. The molecule has 6 heteroatoms. The van der Waals surface area contributed by atoms with Gasteiger partial charge < -0.3 is 5.73 Å². The summed E-state index contributed by atoms with van der Waals surface area (Å²) < 4.78 is 36.9. The molecule has 0 fully saturated rings. The average molecular weight is 256 g/mol. The van der Waals surface area contributed by atoms with Crippen LogP contribution in [0.1, 0.15) is 18.1 Å². The second-order valence-corrected chi connectivity index (χ2v) is 6.19. The van der Waals surface area contributed by atoms with Crippen molar-refractivity contribution in [1.29, 1.82) is 5.26 Å². The highest BCUT2D eigenvalue weighted by Gasteiger charge is 2.21. The predicted octanol–water partition coefficient (Wildman–Crippen LogP) is 0.959. The maximum absolute atomic E-state index is 13.5. The lowest BCUT2D eigenvalue weighted by Crippen LogP contribution is -2.28. The van der Waals surface area contributed by atoms with Crippen molar-refractivity contribution in [1.82, 2.24) is 0 Å². The smallest absolute Gasteiger partial charge is 0.158 e. The first-order valence-electron chi connectivity index (χ1n) is 5.01. The third-order valence-electron chi connectivity index (χ3n) is 2.48. The summed E-state index contributed by atoms with van der Waals surface area (Å²) >= 11 is 0. The first kappa shape index (κ1) is 13.6. The third kappa shape index (κ3) is 3.25. The summed E-state index contributed by atoms with van der Waals surface area (Å²) in [7, 11) is -3.45. The highest BCUT2D eigenvalue weighted by atomic mass is 32.2. The van der Waals surface area contributed by atoms with E-state index in [2.05, 4.69) is 0 Å². The fourth-order valence-corrected chi connectivity index (χ4v) is 2.48. The molecule has 0 aliphatic rings. The van der Waals surface area contributed by atoms with Gasteiger partial charge in [0.05, 0.1) is 22.6 Å². The van der Waals surface area contributed by atoms with Crippen LogP contribution in [0.3, 0.4) is 0 Å². The molecule has 1 unspecified atom stereocenters. The summed E-state index contributed by atoms with van der Waals surface area (Å²) in [5.41, 5.74) is 5.50. The molecule has 0 aliphatic carbocycles. The number of halogens is 1. The van der Waals surface area contributed by atoms with Gasteiger partial charge in [0.2, 0.25) is 0 Å². The fourth-order valence-electron chi connectivity index (χ4n) is 1.24. The van der Waals surface area contributed by atoms with Crippen LogP contribution in [-0.4, -0.2) is 20.2 Å². The number of sulfone groups is 1. The topological polar surface area (TPSA) is 84.0 Å². The van der Waals surface area contributed by atoms with Crippen LogP contribution in [0.25, 0.3) is 0 Å². The van der Waals surface area contributed by atoms with Gasteiger partial charge in [0.15, 0.2) is 9.84 Å². The van der Waals surface area contributed by atoms with E-state index in [1.165, 1.54) is 19.1 Å². The highest BCUT2D eigenvalue weighted by molar-refractivity contribution is 7.91. The lowest BCUT2D eigenvalue weighted by molar-refractivity contribution is 0.576. The first-order valence-corrected chi connectivity index (χ1v) is 6.72. The molecule has 0 heterocycles. The molecule has 1 aromatic rings. The van der Waals surface area contributed by atoms with Crippen molar-refractivity contribution in [3.8, 4) is 6.07 Å². The normalized spacial score (nSPS) is 13.1. The molecule has 0 aromatic heterocycles. The average Bonchev–Trinajstić information content (AvgIpc) is 2.30. The van der Waals surface area contributed by atoms with Gasteiger partial charge in [0.25, 0.3) is 0 Å². The van der Waals surface area contributed by atoms with Crippen LogP contribution in [0.2, 0.25) is 0 Å². The van der Waals surface area contributed by atoms with E-state index in [0.29, 0.717) is 0 Å². The molecule has 1 atom stereocenters. The lowest BCUT2D eigenvalue weighted by atomic mass is 10.1. The SMILES string of the molecule is CC(CN)S(=O)(=O)Cc1ccc(C#N)cc1F. The highest BCUT2D eigenvalue weighted by Crippen LogP contribution is 2.15. The Balaban J connectivity index is 3.02. The minimum absolute atomic E-state index is 0.000230. The van der Waals surface area contributed by atoms with E-state index in [4.69, 9.17) is 11.0 Å². The molecule has 0 amide bonds. The number of nitriles is 1. The summed E-state index contributed by atoms with van der Waals surface area (Å²) in [6, 6.07) is 5.51. The molecule has 4 nitrogen and oxygen atoms in total. The second kappa shape index (κ2) is 5.25. The standard InChI is InChI=1S/C11H13FN2O2S/c1-8(5-13)17(15,16)7-10-3-2-9(6-14)4-11(10)12/h2-4,8H,5,7,13H2,1H3. The molecule has 1 aromatic carbocycles. The van der Waals surface area contributed by atoms with Crippen LogP contribution in [0.15, 0.2) is 18.2 Å². The number of benzene rings is 1. The number of hydrogen-bond donors (Lipinski definition) is 1. The zero-order chi connectivity index (χ0) is 13.1. The van der Waals surface area contributed by atoms with Gasteiger partial charge in [-0.15, -0.1) is 0 Å². The summed E-state index contributed by atoms with van der Waals surface area (Å²) in [5.74, 6) is -1.08. The van der Waals surface area contributed by atoms with Crippen molar-refractivity contribution in [3.63, 3.8) is 0 Å².